The van der Waals surface area contributed by atoms with E-state index in [1.165, 1.54) is 6.20 Å². The van der Waals surface area contributed by atoms with Gasteiger partial charge in [-0.2, -0.15) is 0 Å². The second-order valence-electron chi connectivity index (χ2n) is 5.45. The summed E-state index contributed by atoms with van der Waals surface area (Å²) in [7, 11) is 0. The Morgan fingerprint density at radius 2 is 1.87 bits per heavy atom. The standard InChI is InChI=1S/C16H16Cl3N3O/c17-13-2-1-11(7-14(13)18)10-23-12-3-5-22(6-4-12)16-9-20-8-15(19)21-16/h1-2,7-9,12H,3-6,10H2. The van der Waals surface area contributed by atoms with Crippen LogP contribution in [0.2, 0.25) is 15.2 Å². The normalized spacial score (nSPS) is 15.9. The molecule has 1 aromatic heterocycles. The molecule has 1 fully saturated rings. The third-order valence-electron chi connectivity index (χ3n) is 3.83. The molecular formula is C16H16Cl3N3O. The van der Waals surface area contributed by atoms with E-state index in [2.05, 4.69) is 14.9 Å². The van der Waals surface area contributed by atoms with E-state index in [0.29, 0.717) is 21.8 Å². The first kappa shape index (κ1) is 16.8. The van der Waals surface area contributed by atoms with Crippen molar-refractivity contribution in [2.24, 2.45) is 0 Å². The number of hydrogen-bond acceptors (Lipinski definition) is 4. The molecule has 0 bridgehead atoms. The minimum Gasteiger partial charge on any atom is -0.373 e. The second kappa shape index (κ2) is 7.67. The molecule has 1 saturated heterocycles. The minimum atomic E-state index is 0.229. The van der Waals surface area contributed by atoms with E-state index >= 15 is 0 Å². The largest absolute Gasteiger partial charge is 0.373 e. The van der Waals surface area contributed by atoms with Gasteiger partial charge in [0.05, 0.1) is 35.1 Å². The fraction of sp³-hybridized carbons (Fsp3) is 0.375. The molecule has 0 radical (unpaired) electrons. The van der Waals surface area contributed by atoms with E-state index in [1.54, 1.807) is 12.3 Å². The van der Waals surface area contributed by atoms with Crippen LogP contribution in [0.25, 0.3) is 0 Å². The molecule has 0 saturated carbocycles. The van der Waals surface area contributed by atoms with Crippen LogP contribution in [0, 0.1) is 0 Å². The van der Waals surface area contributed by atoms with Crippen molar-refractivity contribution in [1.82, 2.24) is 9.97 Å². The molecule has 0 N–H and O–H groups in total. The highest BCUT2D eigenvalue weighted by Crippen LogP contribution is 2.24. The van der Waals surface area contributed by atoms with Gasteiger partial charge in [-0.05, 0) is 30.5 Å². The van der Waals surface area contributed by atoms with E-state index < -0.39 is 0 Å². The van der Waals surface area contributed by atoms with Crippen LogP contribution >= 0.6 is 34.8 Å². The van der Waals surface area contributed by atoms with E-state index in [9.17, 15) is 0 Å². The molecular weight excluding hydrogens is 357 g/mol. The van der Waals surface area contributed by atoms with Crippen LogP contribution in [0.1, 0.15) is 18.4 Å². The number of anilines is 1. The summed E-state index contributed by atoms with van der Waals surface area (Å²) >= 11 is 17.8. The summed E-state index contributed by atoms with van der Waals surface area (Å²) in [6, 6.07) is 5.58. The molecule has 1 aliphatic rings. The summed E-state index contributed by atoms with van der Waals surface area (Å²) in [5.74, 6) is 0.820. The first-order valence-electron chi connectivity index (χ1n) is 7.40. The zero-order valence-corrected chi connectivity index (χ0v) is 14.7. The maximum atomic E-state index is 6.02. The van der Waals surface area contributed by atoms with Gasteiger partial charge in [-0.1, -0.05) is 40.9 Å². The van der Waals surface area contributed by atoms with Crippen molar-refractivity contribution < 1.29 is 4.74 Å². The number of nitrogens with zero attached hydrogens (tertiary/aromatic N) is 3. The van der Waals surface area contributed by atoms with Gasteiger partial charge in [-0.25, -0.2) is 4.98 Å². The molecule has 122 valence electrons. The molecule has 0 spiro atoms. The lowest BCUT2D eigenvalue weighted by molar-refractivity contribution is 0.0250. The number of rotatable bonds is 4. The lowest BCUT2D eigenvalue weighted by atomic mass is 10.1. The summed E-state index contributed by atoms with van der Waals surface area (Å²) in [5, 5.41) is 1.54. The third-order valence-corrected chi connectivity index (χ3v) is 4.75. The third kappa shape index (κ3) is 4.48. The lowest BCUT2D eigenvalue weighted by Crippen LogP contribution is -2.37. The molecule has 7 heteroatoms. The van der Waals surface area contributed by atoms with Crippen molar-refractivity contribution in [2.45, 2.75) is 25.6 Å². The van der Waals surface area contributed by atoms with Crippen LogP contribution in [0.3, 0.4) is 0 Å². The fourth-order valence-electron chi connectivity index (χ4n) is 2.58. The Kier molecular flexibility index (Phi) is 5.59. The molecule has 23 heavy (non-hydrogen) atoms. The number of benzene rings is 1. The molecule has 0 aliphatic carbocycles. The summed E-state index contributed by atoms with van der Waals surface area (Å²) in [6.07, 6.45) is 5.39. The van der Waals surface area contributed by atoms with Gasteiger partial charge in [0.1, 0.15) is 11.0 Å². The molecule has 0 atom stereocenters. The molecule has 3 rings (SSSR count). The molecule has 0 amide bonds. The first-order chi connectivity index (χ1) is 11.1. The van der Waals surface area contributed by atoms with Gasteiger partial charge in [-0.3, -0.25) is 4.98 Å². The summed E-state index contributed by atoms with van der Waals surface area (Å²) in [6.45, 7) is 2.29. The highest BCUT2D eigenvalue weighted by atomic mass is 35.5. The Morgan fingerprint density at radius 1 is 1.09 bits per heavy atom. The van der Waals surface area contributed by atoms with Gasteiger partial charge >= 0.3 is 0 Å². The highest BCUT2D eigenvalue weighted by molar-refractivity contribution is 6.42. The summed E-state index contributed by atoms with van der Waals surface area (Å²) in [4.78, 5) is 10.6. The molecule has 2 heterocycles. The Morgan fingerprint density at radius 3 is 2.57 bits per heavy atom. The van der Waals surface area contributed by atoms with Crippen LogP contribution in [-0.2, 0) is 11.3 Å². The average molecular weight is 373 g/mol. The van der Waals surface area contributed by atoms with Crippen molar-refractivity contribution in [3.8, 4) is 0 Å². The average Bonchev–Trinajstić information content (AvgIpc) is 2.56. The van der Waals surface area contributed by atoms with E-state index in [1.807, 2.05) is 12.1 Å². The maximum Gasteiger partial charge on any atom is 0.149 e. The lowest BCUT2D eigenvalue weighted by Gasteiger charge is -2.32. The van der Waals surface area contributed by atoms with E-state index in [0.717, 1.165) is 37.3 Å². The van der Waals surface area contributed by atoms with Gasteiger partial charge < -0.3 is 9.64 Å². The maximum absolute atomic E-state index is 6.02. The zero-order valence-electron chi connectivity index (χ0n) is 12.4. The van der Waals surface area contributed by atoms with Crippen LogP contribution in [0.15, 0.2) is 30.6 Å². The number of ether oxygens (including phenoxy) is 1. The molecule has 1 aliphatic heterocycles. The van der Waals surface area contributed by atoms with Crippen LogP contribution in [-0.4, -0.2) is 29.2 Å². The molecule has 0 unspecified atom stereocenters. The predicted octanol–water partition coefficient (Wildman–Crippen LogP) is 4.62. The van der Waals surface area contributed by atoms with Gasteiger partial charge in [0.2, 0.25) is 0 Å². The van der Waals surface area contributed by atoms with E-state index in [4.69, 9.17) is 39.5 Å². The van der Waals surface area contributed by atoms with Crippen LogP contribution in [0.4, 0.5) is 5.82 Å². The number of hydrogen-bond donors (Lipinski definition) is 0. The van der Waals surface area contributed by atoms with Crippen LogP contribution < -0.4 is 4.90 Å². The van der Waals surface area contributed by atoms with Crippen molar-refractivity contribution >= 4 is 40.6 Å². The predicted molar refractivity (Wildman–Crippen MR) is 93.5 cm³/mol. The Labute approximate surface area is 150 Å². The van der Waals surface area contributed by atoms with E-state index in [-0.39, 0.29) is 6.10 Å². The van der Waals surface area contributed by atoms with Gasteiger partial charge in [0.25, 0.3) is 0 Å². The smallest absolute Gasteiger partial charge is 0.149 e. The van der Waals surface area contributed by atoms with Gasteiger partial charge in [0, 0.05) is 13.1 Å². The van der Waals surface area contributed by atoms with Gasteiger partial charge in [-0.15, -0.1) is 0 Å². The van der Waals surface area contributed by atoms with Crippen LogP contribution in [0.5, 0.6) is 0 Å². The zero-order chi connectivity index (χ0) is 16.2. The Hall–Kier alpha value is -1.07. The van der Waals surface area contributed by atoms with Crippen molar-refractivity contribution in [2.75, 3.05) is 18.0 Å². The van der Waals surface area contributed by atoms with Gasteiger partial charge in [0.15, 0.2) is 0 Å². The SMILES string of the molecule is Clc1cncc(N2CCC(OCc3ccc(Cl)c(Cl)c3)CC2)n1. The molecule has 1 aromatic carbocycles. The highest BCUT2D eigenvalue weighted by Gasteiger charge is 2.21. The number of piperidine rings is 1. The van der Waals surface area contributed by atoms with Crippen molar-refractivity contribution in [1.29, 1.82) is 0 Å². The minimum absolute atomic E-state index is 0.229. The molecule has 2 aromatic rings. The molecule has 4 nitrogen and oxygen atoms in total. The quantitative estimate of drug-likeness (QED) is 0.785. The fourth-order valence-corrected chi connectivity index (χ4v) is 3.04. The van der Waals surface area contributed by atoms with Crippen molar-refractivity contribution in [3.63, 3.8) is 0 Å². The summed E-state index contributed by atoms with van der Waals surface area (Å²) in [5.41, 5.74) is 1.03. The first-order valence-corrected chi connectivity index (χ1v) is 8.53. The number of aromatic nitrogens is 2. The Bertz CT molecular complexity index is 675. The topological polar surface area (TPSA) is 38.2 Å². The van der Waals surface area contributed by atoms with Crippen molar-refractivity contribution in [3.05, 3.63) is 51.4 Å². The number of halogens is 3. The Balaban J connectivity index is 1.50. The second-order valence-corrected chi connectivity index (χ2v) is 6.65. The monoisotopic (exact) mass is 371 g/mol. The summed E-state index contributed by atoms with van der Waals surface area (Å²) < 4.78 is 5.98.